The normalized spacial score (nSPS) is 18.9. The molecule has 1 fully saturated rings. The minimum Gasteiger partial charge on any atom is -0.444 e. The molecule has 0 aromatic rings. The van der Waals surface area contributed by atoms with Gasteiger partial charge in [0.25, 0.3) is 0 Å². The molecule has 0 saturated carbocycles. The van der Waals surface area contributed by atoms with Crippen LogP contribution in [0.1, 0.15) is 47.5 Å². The fourth-order valence-corrected chi connectivity index (χ4v) is 2.48. The van der Waals surface area contributed by atoms with E-state index in [4.69, 9.17) is 9.47 Å². The first kappa shape index (κ1) is 19.7. The van der Waals surface area contributed by atoms with Crippen molar-refractivity contribution in [1.29, 1.82) is 0 Å². The van der Waals surface area contributed by atoms with Gasteiger partial charge in [0.15, 0.2) is 0 Å². The van der Waals surface area contributed by atoms with Crippen LogP contribution in [0.4, 0.5) is 4.79 Å². The van der Waals surface area contributed by atoms with E-state index in [1.807, 2.05) is 34.6 Å². The molecule has 0 aromatic heterocycles. The van der Waals surface area contributed by atoms with Crippen molar-refractivity contribution in [3.05, 3.63) is 0 Å². The van der Waals surface area contributed by atoms with Gasteiger partial charge in [0.1, 0.15) is 5.60 Å². The maximum atomic E-state index is 12.4. The monoisotopic (exact) mass is 328 g/mol. The van der Waals surface area contributed by atoms with E-state index >= 15 is 0 Å². The topological polar surface area (TPSA) is 67.9 Å². The Morgan fingerprint density at radius 2 is 1.87 bits per heavy atom. The maximum absolute atomic E-state index is 12.4. The van der Waals surface area contributed by atoms with E-state index in [0.717, 1.165) is 12.8 Å². The number of nitrogens with zero attached hydrogens (tertiary/aromatic N) is 1. The van der Waals surface area contributed by atoms with E-state index in [9.17, 15) is 9.59 Å². The standard InChI is InChI=1S/C17H32N2O4/c1-13(12-19(6)15(21)23-16(2,3)4)11-18-14(20)17(5)7-9-22-10-8-17/h13H,7-12H2,1-6H3,(H,18,20)/t13-/m1/s1. The second kappa shape index (κ2) is 7.99. The summed E-state index contributed by atoms with van der Waals surface area (Å²) in [6.45, 7) is 11.9. The molecule has 0 spiro atoms. The first-order valence-electron chi connectivity index (χ1n) is 8.34. The molecule has 0 unspecified atom stereocenters. The van der Waals surface area contributed by atoms with Crippen LogP contribution in [0.5, 0.6) is 0 Å². The molecule has 1 aliphatic rings. The summed E-state index contributed by atoms with van der Waals surface area (Å²) < 4.78 is 10.6. The molecule has 134 valence electrons. The summed E-state index contributed by atoms with van der Waals surface area (Å²) in [5, 5.41) is 3.01. The van der Waals surface area contributed by atoms with Crippen LogP contribution in [0.3, 0.4) is 0 Å². The number of carbonyl (C=O) groups is 2. The van der Waals surface area contributed by atoms with Crippen molar-refractivity contribution in [2.45, 2.75) is 53.1 Å². The average molecular weight is 328 g/mol. The number of nitrogens with one attached hydrogen (secondary N) is 1. The van der Waals surface area contributed by atoms with Gasteiger partial charge in [0.2, 0.25) is 5.91 Å². The Bertz CT molecular complexity index is 411. The highest BCUT2D eigenvalue weighted by Crippen LogP contribution is 2.29. The predicted octanol–water partition coefficient (Wildman–Crippen LogP) is 2.42. The molecule has 0 aliphatic carbocycles. The van der Waals surface area contributed by atoms with Gasteiger partial charge in [-0.15, -0.1) is 0 Å². The number of hydrogen-bond acceptors (Lipinski definition) is 4. The number of ether oxygens (including phenoxy) is 2. The summed E-state index contributed by atoms with van der Waals surface area (Å²) in [6, 6.07) is 0. The van der Waals surface area contributed by atoms with Crippen molar-refractivity contribution in [1.82, 2.24) is 10.2 Å². The molecule has 1 aliphatic heterocycles. The van der Waals surface area contributed by atoms with E-state index in [1.54, 1.807) is 11.9 Å². The minimum atomic E-state index is -0.500. The van der Waals surface area contributed by atoms with Gasteiger partial charge in [-0.05, 0) is 39.5 Å². The zero-order chi connectivity index (χ0) is 17.7. The molecule has 1 heterocycles. The predicted molar refractivity (Wildman–Crippen MR) is 89.2 cm³/mol. The highest BCUT2D eigenvalue weighted by molar-refractivity contribution is 5.82. The van der Waals surface area contributed by atoms with Crippen molar-refractivity contribution in [2.75, 3.05) is 33.4 Å². The second-order valence-corrected chi connectivity index (χ2v) is 7.85. The molecule has 0 bridgehead atoms. The van der Waals surface area contributed by atoms with Gasteiger partial charge in [-0.3, -0.25) is 4.79 Å². The molecule has 0 radical (unpaired) electrons. The third-order valence-corrected chi connectivity index (χ3v) is 4.05. The Hall–Kier alpha value is -1.30. The van der Waals surface area contributed by atoms with Crippen LogP contribution in [0.25, 0.3) is 0 Å². The number of carbonyl (C=O) groups excluding carboxylic acids is 2. The van der Waals surface area contributed by atoms with E-state index in [0.29, 0.717) is 26.3 Å². The molecular formula is C17H32N2O4. The lowest BCUT2D eigenvalue weighted by Gasteiger charge is -2.32. The minimum absolute atomic E-state index is 0.0765. The first-order chi connectivity index (χ1) is 10.5. The second-order valence-electron chi connectivity index (χ2n) is 7.85. The van der Waals surface area contributed by atoms with E-state index < -0.39 is 5.60 Å². The van der Waals surface area contributed by atoms with Crippen molar-refractivity contribution in [2.24, 2.45) is 11.3 Å². The highest BCUT2D eigenvalue weighted by Gasteiger charge is 2.35. The van der Waals surface area contributed by atoms with Crippen LogP contribution in [-0.2, 0) is 14.3 Å². The lowest BCUT2D eigenvalue weighted by atomic mass is 9.81. The zero-order valence-corrected chi connectivity index (χ0v) is 15.4. The van der Waals surface area contributed by atoms with Gasteiger partial charge in [-0.1, -0.05) is 13.8 Å². The largest absolute Gasteiger partial charge is 0.444 e. The van der Waals surface area contributed by atoms with Gasteiger partial charge in [0, 0.05) is 33.4 Å². The fourth-order valence-electron chi connectivity index (χ4n) is 2.48. The molecule has 0 aromatic carbocycles. The number of hydrogen-bond donors (Lipinski definition) is 1. The molecule has 1 saturated heterocycles. The van der Waals surface area contributed by atoms with Crippen LogP contribution < -0.4 is 5.32 Å². The van der Waals surface area contributed by atoms with E-state index in [2.05, 4.69) is 5.32 Å². The lowest BCUT2D eigenvalue weighted by molar-refractivity contribution is -0.135. The Kier molecular flexibility index (Phi) is 6.86. The molecular weight excluding hydrogens is 296 g/mol. The molecule has 23 heavy (non-hydrogen) atoms. The summed E-state index contributed by atoms with van der Waals surface area (Å²) in [5.41, 5.74) is -0.838. The van der Waals surface area contributed by atoms with Crippen LogP contribution >= 0.6 is 0 Å². The Labute approximate surface area is 139 Å². The van der Waals surface area contributed by atoms with E-state index in [1.165, 1.54) is 0 Å². The van der Waals surface area contributed by atoms with Gasteiger partial charge < -0.3 is 19.7 Å². The molecule has 6 heteroatoms. The maximum Gasteiger partial charge on any atom is 0.410 e. The third-order valence-electron chi connectivity index (χ3n) is 4.05. The van der Waals surface area contributed by atoms with Gasteiger partial charge >= 0.3 is 6.09 Å². The SMILES string of the molecule is C[C@H](CNC(=O)C1(C)CCOCC1)CN(C)C(=O)OC(C)(C)C. The molecule has 2 amide bonds. The van der Waals surface area contributed by atoms with Gasteiger partial charge in [0.05, 0.1) is 5.41 Å². The average Bonchev–Trinajstić information content (AvgIpc) is 2.43. The third kappa shape index (κ3) is 6.77. The van der Waals surface area contributed by atoms with Crippen molar-refractivity contribution >= 4 is 12.0 Å². The van der Waals surface area contributed by atoms with Crippen LogP contribution in [0.15, 0.2) is 0 Å². The molecule has 6 nitrogen and oxygen atoms in total. The summed E-state index contributed by atoms with van der Waals surface area (Å²) >= 11 is 0. The molecule has 1 atom stereocenters. The number of rotatable bonds is 5. The van der Waals surface area contributed by atoms with Crippen molar-refractivity contribution in [3.8, 4) is 0 Å². The van der Waals surface area contributed by atoms with Gasteiger partial charge in [-0.2, -0.15) is 0 Å². The van der Waals surface area contributed by atoms with Gasteiger partial charge in [-0.25, -0.2) is 4.79 Å². The van der Waals surface area contributed by atoms with Crippen LogP contribution in [0, 0.1) is 11.3 Å². The molecule has 1 rings (SSSR count). The Morgan fingerprint density at radius 3 is 2.39 bits per heavy atom. The lowest BCUT2D eigenvalue weighted by Crippen LogP contribution is -2.45. The van der Waals surface area contributed by atoms with Crippen LogP contribution in [0.2, 0.25) is 0 Å². The smallest absolute Gasteiger partial charge is 0.410 e. The summed E-state index contributed by atoms with van der Waals surface area (Å²) in [7, 11) is 1.71. The van der Waals surface area contributed by atoms with E-state index in [-0.39, 0.29) is 23.3 Å². The Morgan fingerprint density at radius 1 is 1.30 bits per heavy atom. The zero-order valence-electron chi connectivity index (χ0n) is 15.4. The molecule has 1 N–H and O–H groups in total. The Balaban J connectivity index is 2.37. The van der Waals surface area contributed by atoms with Crippen LogP contribution in [-0.4, -0.2) is 55.9 Å². The summed E-state index contributed by atoms with van der Waals surface area (Å²) in [5.74, 6) is 0.229. The summed E-state index contributed by atoms with van der Waals surface area (Å²) in [6.07, 6.45) is 1.17. The quantitative estimate of drug-likeness (QED) is 0.841. The summed E-state index contributed by atoms with van der Waals surface area (Å²) in [4.78, 5) is 25.8. The number of amides is 2. The van der Waals surface area contributed by atoms with Crippen molar-refractivity contribution in [3.63, 3.8) is 0 Å². The van der Waals surface area contributed by atoms with Crippen molar-refractivity contribution < 1.29 is 19.1 Å². The highest BCUT2D eigenvalue weighted by atomic mass is 16.6. The first-order valence-corrected chi connectivity index (χ1v) is 8.34. The fraction of sp³-hybridized carbons (Fsp3) is 0.882.